The first kappa shape index (κ1) is 22.4. The van der Waals surface area contributed by atoms with Crippen LogP contribution in [-0.2, 0) is 18.6 Å². The summed E-state index contributed by atoms with van der Waals surface area (Å²) in [6, 6.07) is 18.6. The molecule has 4 aromatic rings. The van der Waals surface area contributed by atoms with Crippen LogP contribution in [0.25, 0.3) is 15.9 Å². The number of thiophene rings is 1. The predicted octanol–water partition coefficient (Wildman–Crippen LogP) is 7.20. The summed E-state index contributed by atoms with van der Waals surface area (Å²) in [7, 11) is 0. The van der Waals surface area contributed by atoms with Gasteiger partial charge in [0.1, 0.15) is 4.83 Å². The lowest BCUT2D eigenvalue weighted by molar-refractivity contribution is 0.218. The van der Waals surface area contributed by atoms with E-state index in [1.54, 1.807) is 23.1 Å². The maximum Gasteiger partial charge on any atom is 0.267 e. The summed E-state index contributed by atoms with van der Waals surface area (Å²) < 4.78 is 1.83. The van der Waals surface area contributed by atoms with Gasteiger partial charge in [-0.25, -0.2) is 4.98 Å². The van der Waals surface area contributed by atoms with Gasteiger partial charge in [0, 0.05) is 10.6 Å². The fraction of sp³-hybridized carbons (Fsp3) is 0.357. The molecule has 0 radical (unpaired) electrons. The van der Waals surface area contributed by atoms with E-state index in [-0.39, 0.29) is 11.0 Å². The molecular weight excluding hydrogens is 444 g/mol. The number of aryl methyl sites for hydroxylation is 2. The molecule has 170 valence electrons. The van der Waals surface area contributed by atoms with Crippen molar-refractivity contribution in [3.05, 3.63) is 86.5 Å². The van der Waals surface area contributed by atoms with Crippen molar-refractivity contribution >= 4 is 33.3 Å². The van der Waals surface area contributed by atoms with E-state index in [2.05, 4.69) is 64.1 Å². The Morgan fingerprint density at radius 1 is 1.09 bits per heavy atom. The van der Waals surface area contributed by atoms with Crippen LogP contribution in [0.3, 0.4) is 0 Å². The highest BCUT2D eigenvalue weighted by Gasteiger charge is 2.32. The van der Waals surface area contributed by atoms with Crippen LogP contribution in [-0.4, -0.2) is 9.55 Å². The van der Waals surface area contributed by atoms with Gasteiger partial charge in [-0.3, -0.25) is 9.36 Å². The predicted molar refractivity (Wildman–Crippen MR) is 141 cm³/mol. The number of rotatable bonds is 4. The molecule has 0 unspecified atom stereocenters. The van der Waals surface area contributed by atoms with Gasteiger partial charge in [-0.05, 0) is 60.8 Å². The Bertz CT molecular complexity index is 1350. The Hall–Kier alpha value is -2.37. The number of nitrogens with zero attached hydrogens (tertiary/aromatic N) is 2. The molecule has 5 heteroatoms. The summed E-state index contributed by atoms with van der Waals surface area (Å²) in [5, 5.41) is 1.61. The molecule has 0 saturated heterocycles. The molecule has 0 aliphatic heterocycles. The standard InChI is InChI=1S/C28H30N2OS2/c1-18-10-13-21(14-11-18)30-26(31)24-22-15-12-20(28(2,3)4)16-23(22)33-25(24)29-27(30)32-17-19-8-6-5-7-9-19/h5-11,13-14,20H,12,15-17H2,1-4H3/t20-/m0/s1. The summed E-state index contributed by atoms with van der Waals surface area (Å²) >= 11 is 3.38. The average Bonchev–Trinajstić information content (AvgIpc) is 3.16. The highest BCUT2D eigenvalue weighted by atomic mass is 32.2. The Balaban J connectivity index is 1.64. The second-order valence-electron chi connectivity index (χ2n) is 10.1. The second-order valence-corrected chi connectivity index (χ2v) is 12.2. The van der Waals surface area contributed by atoms with Gasteiger partial charge in [0.15, 0.2) is 5.16 Å². The fourth-order valence-corrected chi connectivity index (χ4v) is 7.00. The number of benzene rings is 2. The third kappa shape index (κ3) is 4.41. The molecule has 2 aromatic carbocycles. The number of thioether (sulfide) groups is 1. The zero-order valence-electron chi connectivity index (χ0n) is 19.7. The second kappa shape index (κ2) is 8.77. The number of hydrogen-bond acceptors (Lipinski definition) is 4. The Kier molecular flexibility index (Phi) is 5.96. The van der Waals surface area contributed by atoms with Gasteiger partial charge in [0.25, 0.3) is 5.56 Å². The van der Waals surface area contributed by atoms with Gasteiger partial charge in [-0.2, -0.15) is 0 Å². The topological polar surface area (TPSA) is 34.9 Å². The molecule has 2 heterocycles. The lowest BCUT2D eigenvalue weighted by Gasteiger charge is -2.33. The van der Waals surface area contributed by atoms with Crippen molar-refractivity contribution in [1.82, 2.24) is 9.55 Å². The SMILES string of the molecule is Cc1ccc(-n2c(SCc3ccccc3)nc3sc4c(c3c2=O)CC[C@H](C(C)(C)C)C4)cc1. The molecule has 0 N–H and O–H groups in total. The molecular formula is C28H30N2OS2. The van der Waals surface area contributed by atoms with E-state index in [9.17, 15) is 4.79 Å². The van der Waals surface area contributed by atoms with E-state index < -0.39 is 0 Å². The molecule has 0 spiro atoms. The van der Waals surface area contributed by atoms with Gasteiger partial charge >= 0.3 is 0 Å². The summed E-state index contributed by atoms with van der Waals surface area (Å²) in [6.07, 6.45) is 3.16. The number of hydrogen-bond donors (Lipinski definition) is 0. The maximum atomic E-state index is 14.0. The van der Waals surface area contributed by atoms with Crippen molar-refractivity contribution in [2.24, 2.45) is 11.3 Å². The lowest BCUT2D eigenvalue weighted by Crippen LogP contribution is -2.27. The zero-order valence-corrected chi connectivity index (χ0v) is 21.4. The van der Waals surface area contributed by atoms with Crippen molar-refractivity contribution < 1.29 is 0 Å². The molecule has 0 saturated carbocycles. The molecule has 3 nitrogen and oxygen atoms in total. The fourth-order valence-electron chi connectivity index (χ4n) is 4.69. The van der Waals surface area contributed by atoms with Crippen molar-refractivity contribution in [3.8, 4) is 5.69 Å². The minimum Gasteiger partial charge on any atom is -0.268 e. The zero-order chi connectivity index (χ0) is 23.2. The van der Waals surface area contributed by atoms with Gasteiger partial charge in [-0.1, -0.05) is 80.6 Å². The van der Waals surface area contributed by atoms with E-state index in [1.807, 2.05) is 22.8 Å². The maximum absolute atomic E-state index is 14.0. The van der Waals surface area contributed by atoms with Crippen molar-refractivity contribution in [2.45, 2.75) is 57.9 Å². The number of fused-ring (bicyclic) bond motifs is 3. The molecule has 5 rings (SSSR count). The highest BCUT2D eigenvalue weighted by Crippen LogP contribution is 2.42. The van der Waals surface area contributed by atoms with Crippen molar-refractivity contribution in [2.75, 3.05) is 0 Å². The quantitative estimate of drug-likeness (QED) is 0.232. The van der Waals surface area contributed by atoms with Crippen LogP contribution in [0.1, 0.15) is 48.8 Å². The van der Waals surface area contributed by atoms with E-state index >= 15 is 0 Å². The van der Waals surface area contributed by atoms with E-state index in [1.165, 1.54) is 21.6 Å². The smallest absolute Gasteiger partial charge is 0.267 e. The van der Waals surface area contributed by atoms with Gasteiger partial charge in [0.05, 0.1) is 11.1 Å². The van der Waals surface area contributed by atoms with E-state index in [4.69, 9.17) is 4.98 Å². The largest absolute Gasteiger partial charge is 0.268 e. The third-order valence-electron chi connectivity index (χ3n) is 6.78. The number of aromatic nitrogens is 2. The van der Waals surface area contributed by atoms with Crippen LogP contribution in [0.5, 0.6) is 0 Å². The third-order valence-corrected chi connectivity index (χ3v) is 8.94. The van der Waals surface area contributed by atoms with Crippen LogP contribution in [0.2, 0.25) is 0 Å². The monoisotopic (exact) mass is 474 g/mol. The average molecular weight is 475 g/mol. The minimum absolute atomic E-state index is 0.0751. The first-order chi connectivity index (χ1) is 15.8. The molecule has 0 fully saturated rings. The molecule has 2 aromatic heterocycles. The first-order valence-corrected chi connectivity index (χ1v) is 13.4. The summed E-state index contributed by atoms with van der Waals surface area (Å²) in [5.74, 6) is 1.42. The van der Waals surface area contributed by atoms with Crippen LogP contribution < -0.4 is 5.56 Å². The highest BCUT2D eigenvalue weighted by molar-refractivity contribution is 7.98. The van der Waals surface area contributed by atoms with Gasteiger partial charge in [-0.15, -0.1) is 11.3 Å². The van der Waals surface area contributed by atoms with Crippen LogP contribution in [0.4, 0.5) is 0 Å². The van der Waals surface area contributed by atoms with Crippen molar-refractivity contribution in [3.63, 3.8) is 0 Å². The van der Waals surface area contributed by atoms with Crippen LogP contribution in [0, 0.1) is 18.3 Å². The molecule has 1 aliphatic rings. The Labute approximate surface area is 203 Å². The molecule has 0 amide bonds. The van der Waals surface area contributed by atoms with Crippen molar-refractivity contribution in [1.29, 1.82) is 0 Å². The summed E-state index contributed by atoms with van der Waals surface area (Å²) in [4.78, 5) is 21.3. The van der Waals surface area contributed by atoms with Gasteiger partial charge in [0.2, 0.25) is 0 Å². The minimum atomic E-state index is 0.0751. The molecule has 0 bridgehead atoms. The summed E-state index contributed by atoms with van der Waals surface area (Å²) in [6.45, 7) is 9.06. The van der Waals surface area contributed by atoms with Crippen LogP contribution >= 0.6 is 23.1 Å². The first-order valence-electron chi connectivity index (χ1n) is 11.6. The summed E-state index contributed by atoms with van der Waals surface area (Å²) in [5.41, 5.74) is 4.89. The Morgan fingerprint density at radius 2 is 1.82 bits per heavy atom. The molecule has 33 heavy (non-hydrogen) atoms. The molecule has 1 atom stereocenters. The Morgan fingerprint density at radius 3 is 2.52 bits per heavy atom. The normalized spacial score (nSPS) is 16.2. The van der Waals surface area contributed by atoms with Crippen LogP contribution in [0.15, 0.2) is 64.5 Å². The van der Waals surface area contributed by atoms with E-state index in [0.29, 0.717) is 5.92 Å². The van der Waals surface area contributed by atoms with E-state index in [0.717, 1.165) is 46.1 Å². The lowest BCUT2D eigenvalue weighted by atomic mass is 9.72. The van der Waals surface area contributed by atoms with Gasteiger partial charge < -0.3 is 0 Å². The molecule has 1 aliphatic carbocycles.